The number of carbonyl (C=O) groups is 4. The average molecular weight is 545 g/mol. The number of imide groups is 1. The molecule has 39 heavy (non-hydrogen) atoms. The number of ether oxygens (including phenoxy) is 1. The van der Waals surface area contributed by atoms with Crippen LogP contribution in [0.25, 0.3) is 0 Å². The molecule has 2 atom stereocenters. The van der Waals surface area contributed by atoms with Gasteiger partial charge in [-0.05, 0) is 47.9 Å². The van der Waals surface area contributed by atoms with Gasteiger partial charge in [-0.3, -0.25) is 14.9 Å². The summed E-state index contributed by atoms with van der Waals surface area (Å²) in [5, 5.41) is 7.16. The topological polar surface area (TPSA) is 117 Å². The number of alkyl carbamates (subject to hydrolysis) is 1. The molecule has 5 amide bonds. The highest BCUT2D eigenvalue weighted by Gasteiger charge is 2.56. The first-order chi connectivity index (χ1) is 18.5. The molecule has 1 heterocycles. The molecule has 1 aliphatic heterocycles. The number of alkyl halides is 3. The van der Waals surface area contributed by atoms with Crippen LogP contribution < -0.4 is 16.0 Å². The molecule has 206 valence electrons. The quantitative estimate of drug-likeness (QED) is 0.491. The third-order valence-electron chi connectivity index (χ3n) is 7.50. The van der Waals surface area contributed by atoms with E-state index in [1.165, 1.54) is 19.2 Å². The zero-order valence-corrected chi connectivity index (χ0v) is 21.1. The first kappa shape index (κ1) is 26.5. The fourth-order valence-corrected chi connectivity index (χ4v) is 5.55. The monoisotopic (exact) mass is 544 g/mol. The summed E-state index contributed by atoms with van der Waals surface area (Å²) in [4.78, 5) is 51.4. The third-order valence-corrected chi connectivity index (χ3v) is 7.50. The average Bonchev–Trinajstić information content (AvgIpc) is 3.57. The Kier molecular flexibility index (Phi) is 6.73. The van der Waals surface area contributed by atoms with Crippen LogP contribution in [-0.4, -0.2) is 48.1 Å². The number of hydrogen-bond acceptors (Lipinski definition) is 5. The lowest BCUT2D eigenvalue weighted by Crippen LogP contribution is -2.50. The van der Waals surface area contributed by atoms with Crippen LogP contribution in [0, 0.1) is 5.92 Å². The molecule has 0 bridgehead atoms. The Labute approximate surface area is 222 Å². The second-order valence-corrected chi connectivity index (χ2v) is 10.0. The fraction of sp³-hybridized carbons (Fsp3) is 0.407. The lowest BCUT2D eigenvalue weighted by Gasteiger charge is -2.34. The molecular formula is C27H27F3N4O5. The summed E-state index contributed by atoms with van der Waals surface area (Å²) in [5.41, 5.74) is 0.303. The molecule has 5 rings (SSSR count). The van der Waals surface area contributed by atoms with Crippen molar-refractivity contribution in [3.05, 3.63) is 64.7 Å². The smallest absolute Gasteiger partial charge is 0.415 e. The molecule has 1 saturated heterocycles. The maximum atomic E-state index is 14.3. The first-order valence-corrected chi connectivity index (χ1v) is 12.6. The first-order valence-electron chi connectivity index (χ1n) is 12.6. The van der Waals surface area contributed by atoms with Gasteiger partial charge in [0, 0.05) is 31.3 Å². The van der Waals surface area contributed by atoms with Gasteiger partial charge in [0.25, 0.3) is 5.91 Å². The van der Waals surface area contributed by atoms with Gasteiger partial charge in [0.15, 0.2) is 0 Å². The number of halogens is 3. The highest BCUT2D eigenvalue weighted by molar-refractivity contribution is 6.04. The Morgan fingerprint density at radius 2 is 1.87 bits per heavy atom. The van der Waals surface area contributed by atoms with Crippen molar-refractivity contribution < 1.29 is 37.1 Å². The molecule has 2 aromatic carbocycles. The number of benzene rings is 2. The van der Waals surface area contributed by atoms with Crippen LogP contribution in [-0.2, 0) is 39.3 Å². The molecular weight excluding hydrogens is 517 g/mol. The second-order valence-electron chi connectivity index (χ2n) is 10.0. The lowest BCUT2D eigenvalue weighted by atomic mass is 9.91. The highest BCUT2D eigenvalue weighted by Crippen LogP contribution is 2.47. The molecule has 2 aromatic rings. The minimum absolute atomic E-state index is 0.103. The fourth-order valence-electron chi connectivity index (χ4n) is 5.55. The van der Waals surface area contributed by atoms with Crippen molar-refractivity contribution in [3.8, 4) is 0 Å². The van der Waals surface area contributed by atoms with E-state index in [-0.39, 0.29) is 30.6 Å². The maximum absolute atomic E-state index is 14.3. The minimum atomic E-state index is -4.63. The van der Waals surface area contributed by atoms with Gasteiger partial charge >= 0.3 is 18.3 Å². The van der Waals surface area contributed by atoms with E-state index < -0.39 is 54.1 Å². The summed E-state index contributed by atoms with van der Waals surface area (Å²) in [6.07, 6.45) is -4.93. The van der Waals surface area contributed by atoms with Gasteiger partial charge in [0.2, 0.25) is 11.5 Å². The van der Waals surface area contributed by atoms with E-state index in [9.17, 15) is 32.3 Å². The molecule has 0 unspecified atom stereocenters. The zero-order valence-electron chi connectivity index (χ0n) is 21.1. The number of nitrogens with one attached hydrogen (secondary N) is 3. The Balaban J connectivity index is 1.55. The molecule has 0 radical (unpaired) electrons. The summed E-state index contributed by atoms with van der Waals surface area (Å²) < 4.78 is 48.3. The van der Waals surface area contributed by atoms with E-state index in [1.807, 2.05) is 0 Å². The predicted molar refractivity (Wildman–Crippen MR) is 132 cm³/mol. The Morgan fingerprint density at radius 3 is 2.46 bits per heavy atom. The highest BCUT2D eigenvalue weighted by atomic mass is 19.4. The summed E-state index contributed by atoms with van der Waals surface area (Å²) in [6.45, 7) is -0.239. The van der Waals surface area contributed by atoms with E-state index in [2.05, 4.69) is 16.0 Å². The number of hydrogen-bond donors (Lipinski definition) is 3. The van der Waals surface area contributed by atoms with Crippen LogP contribution in [0.15, 0.2) is 42.5 Å². The van der Waals surface area contributed by atoms with Crippen molar-refractivity contribution >= 4 is 29.6 Å². The van der Waals surface area contributed by atoms with Gasteiger partial charge < -0.3 is 20.3 Å². The predicted octanol–water partition coefficient (Wildman–Crippen LogP) is 3.76. The molecule has 3 aliphatic rings. The SMILES string of the molecule is CNC(=O)Nc1ccc2c(c1CC(=O)N(Cc1ccccc1)[C@H](C1CC1)C(F)(F)F)CC[C@@]21OC(=O)NC1=O. The number of nitrogens with zero attached hydrogens (tertiary/aromatic N) is 1. The Morgan fingerprint density at radius 1 is 1.15 bits per heavy atom. The number of rotatable bonds is 7. The summed E-state index contributed by atoms with van der Waals surface area (Å²) in [7, 11) is 1.40. The van der Waals surface area contributed by atoms with Crippen molar-refractivity contribution in [2.24, 2.45) is 5.92 Å². The van der Waals surface area contributed by atoms with E-state index in [4.69, 9.17) is 4.74 Å². The van der Waals surface area contributed by atoms with Crippen molar-refractivity contribution in [3.63, 3.8) is 0 Å². The normalized spacial score (nSPS) is 20.7. The van der Waals surface area contributed by atoms with Crippen LogP contribution in [0.5, 0.6) is 0 Å². The van der Waals surface area contributed by atoms with Crippen molar-refractivity contribution in [1.82, 2.24) is 15.5 Å². The van der Waals surface area contributed by atoms with Crippen molar-refractivity contribution in [2.45, 2.75) is 56.5 Å². The van der Waals surface area contributed by atoms with Crippen LogP contribution >= 0.6 is 0 Å². The van der Waals surface area contributed by atoms with E-state index in [1.54, 1.807) is 30.3 Å². The maximum Gasteiger partial charge on any atom is 0.415 e. The molecule has 3 N–H and O–H groups in total. The van der Waals surface area contributed by atoms with Gasteiger partial charge in [-0.1, -0.05) is 36.4 Å². The largest absolute Gasteiger partial charge is 0.427 e. The van der Waals surface area contributed by atoms with Crippen LogP contribution in [0.2, 0.25) is 0 Å². The number of amides is 5. The van der Waals surface area contributed by atoms with E-state index in [0.29, 0.717) is 29.5 Å². The minimum Gasteiger partial charge on any atom is -0.427 e. The van der Waals surface area contributed by atoms with Gasteiger partial charge in [0.05, 0.1) is 6.42 Å². The van der Waals surface area contributed by atoms with Gasteiger partial charge in [-0.25, -0.2) is 9.59 Å². The third kappa shape index (κ3) is 5.02. The molecule has 1 saturated carbocycles. The lowest BCUT2D eigenvalue weighted by molar-refractivity contribution is -0.196. The molecule has 0 aromatic heterocycles. The molecule has 2 aliphatic carbocycles. The van der Waals surface area contributed by atoms with Crippen molar-refractivity contribution in [1.29, 1.82) is 0 Å². The number of fused-ring (bicyclic) bond motifs is 2. The van der Waals surface area contributed by atoms with Crippen LogP contribution in [0.3, 0.4) is 0 Å². The summed E-state index contributed by atoms with van der Waals surface area (Å²) in [5.74, 6) is -2.10. The Hall–Kier alpha value is -4.09. The molecule has 1 spiro atoms. The number of urea groups is 1. The second kappa shape index (κ2) is 9.90. The van der Waals surface area contributed by atoms with Crippen LogP contribution in [0.1, 0.15) is 41.5 Å². The van der Waals surface area contributed by atoms with Gasteiger partial charge in [0.1, 0.15) is 6.04 Å². The van der Waals surface area contributed by atoms with Gasteiger partial charge in [-0.15, -0.1) is 0 Å². The van der Waals surface area contributed by atoms with E-state index in [0.717, 1.165) is 4.90 Å². The zero-order chi connectivity index (χ0) is 27.9. The van der Waals surface area contributed by atoms with Gasteiger partial charge in [-0.2, -0.15) is 13.2 Å². The summed E-state index contributed by atoms with van der Waals surface area (Å²) in [6, 6.07) is 8.91. The molecule has 2 fully saturated rings. The molecule has 12 heteroatoms. The van der Waals surface area contributed by atoms with Crippen molar-refractivity contribution in [2.75, 3.05) is 12.4 Å². The number of carbonyl (C=O) groups excluding carboxylic acids is 4. The Bertz CT molecular complexity index is 1330. The van der Waals surface area contributed by atoms with E-state index >= 15 is 0 Å². The standard InChI is InChI=1S/C27H27F3N4O5/c1-31-24(37)32-20-10-9-19-17(11-12-26(19)23(36)33-25(38)39-26)18(20)13-21(35)34(14-15-5-3-2-4-6-15)22(16-7-8-16)27(28,29)30/h2-6,9-10,16,22H,7-8,11-14H2,1H3,(H2,31,32,37)(H,33,36,38)/t22-,26-/m1/s1. The number of anilines is 1. The summed E-state index contributed by atoms with van der Waals surface area (Å²) >= 11 is 0. The molecule has 9 nitrogen and oxygen atoms in total. The van der Waals surface area contributed by atoms with Crippen LogP contribution in [0.4, 0.5) is 28.4 Å².